The molecule has 6 nitrogen and oxygen atoms in total. The van der Waals surface area contributed by atoms with Crippen molar-refractivity contribution in [2.24, 2.45) is 0 Å². The van der Waals surface area contributed by atoms with E-state index < -0.39 is 0 Å². The number of hydrogen-bond acceptors (Lipinski definition) is 5. The minimum Gasteiger partial charge on any atom is -0.151 e. The van der Waals surface area contributed by atoms with Gasteiger partial charge in [-0.15, -0.1) is 20.1 Å². The van der Waals surface area contributed by atoms with Crippen molar-refractivity contribution in [2.45, 2.75) is 13.8 Å². The smallest absolute Gasteiger partial charge is 0.151 e. The van der Waals surface area contributed by atoms with E-state index in [1.165, 1.54) is 4.80 Å². The molecule has 6 heteroatoms. The second kappa shape index (κ2) is 3.58. The molecule has 2 heterocycles. The predicted octanol–water partition coefficient (Wildman–Crippen LogP) is 1.17. The highest BCUT2D eigenvalue weighted by atomic mass is 15.6. The average molecular weight is 226 g/mol. The van der Waals surface area contributed by atoms with Crippen LogP contribution in [0.3, 0.4) is 0 Å². The fourth-order valence-corrected chi connectivity index (χ4v) is 1.62. The molecule has 0 aromatic heterocycles. The van der Waals surface area contributed by atoms with E-state index in [1.807, 2.05) is 38.1 Å². The Kier molecular flexibility index (Phi) is 2.07. The molecule has 0 saturated carbocycles. The van der Waals surface area contributed by atoms with E-state index in [0.717, 1.165) is 16.9 Å². The number of hydrogen-bond donors (Lipinski definition) is 0. The number of nitrogens with zero attached hydrogens (tertiary/aromatic N) is 6. The van der Waals surface area contributed by atoms with E-state index >= 15 is 0 Å². The maximum absolute atomic E-state index is 4.36. The van der Waals surface area contributed by atoms with E-state index in [2.05, 4.69) is 25.6 Å². The van der Waals surface area contributed by atoms with Crippen molar-refractivity contribution in [3.05, 3.63) is 35.5 Å². The molecule has 2 aliphatic heterocycles. The second-order valence-corrected chi connectivity index (χ2v) is 3.88. The van der Waals surface area contributed by atoms with Gasteiger partial charge in [-0.1, -0.05) is 12.1 Å². The number of benzene rings is 1. The SMILES string of the molecule is Cc1cccc(-n2nnc3nnc(C)c-3n2)c1. The molecular formula is C11H10N6. The normalized spacial score (nSPS) is 10.9. The summed E-state index contributed by atoms with van der Waals surface area (Å²) in [6, 6.07) is 7.90. The summed E-state index contributed by atoms with van der Waals surface area (Å²) >= 11 is 0. The fraction of sp³-hybridized carbons (Fsp3) is 0.182. The van der Waals surface area contributed by atoms with Gasteiger partial charge in [0.2, 0.25) is 5.82 Å². The molecule has 0 saturated heterocycles. The van der Waals surface area contributed by atoms with E-state index in [9.17, 15) is 0 Å². The second-order valence-electron chi connectivity index (χ2n) is 3.88. The number of aryl methyl sites for hydroxylation is 2. The largest absolute Gasteiger partial charge is 0.227 e. The third-order valence-corrected chi connectivity index (χ3v) is 2.50. The molecule has 0 N–H and O–H groups in total. The lowest BCUT2D eigenvalue weighted by Gasteiger charge is -2.04. The van der Waals surface area contributed by atoms with Crippen molar-refractivity contribution < 1.29 is 0 Å². The van der Waals surface area contributed by atoms with Crippen LogP contribution >= 0.6 is 0 Å². The minimum absolute atomic E-state index is 0.478. The fourth-order valence-electron chi connectivity index (χ4n) is 1.62. The van der Waals surface area contributed by atoms with Crippen LogP contribution in [0, 0.1) is 13.8 Å². The molecule has 0 spiro atoms. The van der Waals surface area contributed by atoms with Gasteiger partial charge in [-0.3, -0.25) is 0 Å². The Morgan fingerprint density at radius 2 is 1.94 bits per heavy atom. The van der Waals surface area contributed by atoms with E-state index in [-0.39, 0.29) is 0 Å². The van der Waals surface area contributed by atoms with Gasteiger partial charge in [-0.05, 0) is 36.8 Å². The zero-order valence-corrected chi connectivity index (χ0v) is 9.49. The van der Waals surface area contributed by atoms with E-state index in [0.29, 0.717) is 11.5 Å². The summed E-state index contributed by atoms with van der Waals surface area (Å²) in [7, 11) is 0. The molecule has 0 aliphatic carbocycles. The maximum atomic E-state index is 4.36. The summed E-state index contributed by atoms with van der Waals surface area (Å²) < 4.78 is 0. The van der Waals surface area contributed by atoms with Crippen molar-refractivity contribution in [1.82, 2.24) is 30.4 Å². The van der Waals surface area contributed by atoms with Gasteiger partial charge in [-0.25, -0.2) is 0 Å². The Bertz CT molecular complexity index is 644. The molecule has 0 fully saturated rings. The lowest BCUT2D eigenvalue weighted by Crippen LogP contribution is -2.10. The molecule has 17 heavy (non-hydrogen) atoms. The van der Waals surface area contributed by atoms with Crippen LogP contribution in [0.4, 0.5) is 0 Å². The quantitative estimate of drug-likeness (QED) is 0.623. The summed E-state index contributed by atoms with van der Waals surface area (Å²) in [6.07, 6.45) is 0. The molecule has 0 unspecified atom stereocenters. The average Bonchev–Trinajstić information content (AvgIpc) is 2.71. The first-order valence-electron chi connectivity index (χ1n) is 5.24. The number of fused-ring (bicyclic) bond motifs is 1. The minimum atomic E-state index is 0.478. The summed E-state index contributed by atoms with van der Waals surface area (Å²) in [5.41, 5.74) is 3.46. The maximum Gasteiger partial charge on any atom is 0.227 e. The standard InChI is InChI=1S/C11H10N6/c1-7-4-3-5-9(6-7)17-15-10-8(2)12-13-11(10)14-16-17/h3-6H,1-2H3. The molecule has 2 aliphatic rings. The zero-order chi connectivity index (χ0) is 11.8. The highest BCUT2D eigenvalue weighted by Gasteiger charge is 2.15. The van der Waals surface area contributed by atoms with Crippen LogP contribution < -0.4 is 0 Å². The third-order valence-electron chi connectivity index (χ3n) is 2.50. The van der Waals surface area contributed by atoms with Crippen molar-refractivity contribution in [2.75, 3.05) is 0 Å². The predicted molar refractivity (Wildman–Crippen MR) is 60.8 cm³/mol. The van der Waals surface area contributed by atoms with Gasteiger partial charge in [0.15, 0.2) is 5.69 Å². The Balaban J connectivity index is 2.18. The monoisotopic (exact) mass is 226 g/mol. The van der Waals surface area contributed by atoms with Crippen LogP contribution in [-0.2, 0) is 0 Å². The van der Waals surface area contributed by atoms with Crippen LogP contribution in [0.15, 0.2) is 24.3 Å². The topological polar surface area (TPSA) is 69.4 Å². The van der Waals surface area contributed by atoms with Crippen molar-refractivity contribution >= 4 is 0 Å². The Morgan fingerprint density at radius 3 is 2.76 bits per heavy atom. The first kappa shape index (κ1) is 9.83. The van der Waals surface area contributed by atoms with Gasteiger partial charge in [0.1, 0.15) is 0 Å². The van der Waals surface area contributed by atoms with Crippen LogP contribution in [0.1, 0.15) is 11.3 Å². The first-order chi connectivity index (χ1) is 8.24. The molecule has 0 bridgehead atoms. The lowest BCUT2D eigenvalue weighted by molar-refractivity contribution is 0.635. The summed E-state index contributed by atoms with van der Waals surface area (Å²) in [4.78, 5) is 1.49. The van der Waals surface area contributed by atoms with Gasteiger partial charge >= 0.3 is 0 Å². The van der Waals surface area contributed by atoms with Crippen LogP contribution in [0.2, 0.25) is 0 Å². The Hall–Kier alpha value is -2.37. The van der Waals surface area contributed by atoms with Gasteiger partial charge in [0.05, 0.1) is 11.4 Å². The van der Waals surface area contributed by atoms with Gasteiger partial charge in [-0.2, -0.15) is 5.10 Å². The molecule has 1 aromatic rings. The van der Waals surface area contributed by atoms with Gasteiger partial charge < -0.3 is 0 Å². The van der Waals surface area contributed by atoms with E-state index in [1.54, 1.807) is 0 Å². The molecule has 0 atom stereocenters. The van der Waals surface area contributed by atoms with Crippen molar-refractivity contribution in [3.63, 3.8) is 0 Å². The molecule has 0 amide bonds. The summed E-state index contributed by atoms with van der Waals surface area (Å²) in [5.74, 6) is 0.478. The Labute approximate surface area is 97.6 Å². The zero-order valence-electron chi connectivity index (χ0n) is 9.49. The van der Waals surface area contributed by atoms with Crippen molar-refractivity contribution in [1.29, 1.82) is 0 Å². The van der Waals surface area contributed by atoms with E-state index in [4.69, 9.17) is 0 Å². The third kappa shape index (κ3) is 1.63. The molecule has 3 rings (SSSR count). The Morgan fingerprint density at radius 1 is 1.06 bits per heavy atom. The molecular weight excluding hydrogens is 216 g/mol. The summed E-state index contributed by atoms with van der Waals surface area (Å²) in [6.45, 7) is 3.87. The molecule has 0 radical (unpaired) electrons. The summed E-state index contributed by atoms with van der Waals surface area (Å²) in [5, 5.41) is 20.1. The van der Waals surface area contributed by atoms with Crippen molar-refractivity contribution in [3.8, 4) is 17.2 Å². The van der Waals surface area contributed by atoms with Gasteiger partial charge in [0.25, 0.3) is 0 Å². The van der Waals surface area contributed by atoms with Gasteiger partial charge in [0, 0.05) is 0 Å². The molecule has 1 aromatic carbocycles. The highest BCUT2D eigenvalue weighted by molar-refractivity contribution is 5.51. The number of aromatic nitrogens is 6. The van der Waals surface area contributed by atoms with Crippen LogP contribution in [-0.4, -0.2) is 30.4 Å². The van der Waals surface area contributed by atoms with Crippen LogP contribution in [0.25, 0.3) is 17.2 Å². The highest BCUT2D eigenvalue weighted by Crippen LogP contribution is 2.16. The molecule has 84 valence electrons. The lowest BCUT2D eigenvalue weighted by atomic mass is 10.2. The van der Waals surface area contributed by atoms with Crippen LogP contribution in [0.5, 0.6) is 0 Å². The number of rotatable bonds is 1. The first-order valence-corrected chi connectivity index (χ1v) is 5.24.